The maximum Gasteiger partial charge on any atom is 0.221 e. The predicted octanol–water partition coefficient (Wildman–Crippen LogP) is 2.83. The van der Waals surface area contributed by atoms with Crippen molar-refractivity contribution in [2.24, 2.45) is 5.92 Å². The van der Waals surface area contributed by atoms with Crippen molar-refractivity contribution >= 4 is 5.91 Å². The molecule has 1 aromatic carbocycles. The molecule has 1 unspecified atom stereocenters. The Balaban J connectivity index is 1.88. The van der Waals surface area contributed by atoms with Crippen LogP contribution in [0.25, 0.3) is 0 Å². The number of methoxy groups -OCH3 is 1. The van der Waals surface area contributed by atoms with Gasteiger partial charge in [0.2, 0.25) is 5.91 Å². The molecule has 0 spiro atoms. The monoisotopic (exact) mass is 286 g/mol. The molecule has 1 aliphatic rings. The third-order valence-electron chi connectivity index (χ3n) is 4.09. The number of nitrogens with one attached hydrogen (secondary N) is 1. The van der Waals surface area contributed by atoms with Gasteiger partial charge in [-0.05, 0) is 43.2 Å². The molecular formula is C17H22N2O2. The first-order valence-electron chi connectivity index (χ1n) is 7.43. The van der Waals surface area contributed by atoms with E-state index in [1.54, 1.807) is 7.11 Å². The van der Waals surface area contributed by atoms with E-state index in [-0.39, 0.29) is 11.8 Å². The topological polar surface area (TPSA) is 62.1 Å². The number of hydrogen-bond acceptors (Lipinski definition) is 3. The SMILES string of the molecule is COc1ccccc1CC(C)CC(=O)NC1(C#N)CCC1. The molecule has 4 nitrogen and oxygen atoms in total. The van der Waals surface area contributed by atoms with E-state index >= 15 is 0 Å². The fourth-order valence-electron chi connectivity index (χ4n) is 2.75. The molecule has 2 rings (SSSR count). The normalized spacial score (nSPS) is 17.2. The molecule has 1 atom stereocenters. The van der Waals surface area contributed by atoms with Gasteiger partial charge in [-0.1, -0.05) is 25.1 Å². The van der Waals surface area contributed by atoms with Crippen LogP contribution >= 0.6 is 0 Å². The molecule has 1 fully saturated rings. The lowest BCUT2D eigenvalue weighted by atomic mass is 9.78. The minimum Gasteiger partial charge on any atom is -0.496 e. The van der Waals surface area contributed by atoms with Crippen molar-refractivity contribution in [1.29, 1.82) is 5.26 Å². The van der Waals surface area contributed by atoms with E-state index in [4.69, 9.17) is 10.00 Å². The molecule has 0 aromatic heterocycles. The maximum atomic E-state index is 12.1. The average Bonchev–Trinajstić information content (AvgIpc) is 2.43. The third-order valence-corrected chi connectivity index (χ3v) is 4.09. The first-order valence-corrected chi connectivity index (χ1v) is 7.43. The van der Waals surface area contributed by atoms with E-state index in [1.165, 1.54) is 0 Å². The minimum atomic E-state index is -0.596. The number of amides is 1. The van der Waals surface area contributed by atoms with Crippen LogP contribution in [-0.4, -0.2) is 18.6 Å². The van der Waals surface area contributed by atoms with Crippen molar-refractivity contribution in [3.63, 3.8) is 0 Å². The Hall–Kier alpha value is -2.02. The summed E-state index contributed by atoms with van der Waals surface area (Å²) in [6.07, 6.45) is 3.79. The predicted molar refractivity (Wildman–Crippen MR) is 80.8 cm³/mol. The van der Waals surface area contributed by atoms with Crippen LogP contribution in [-0.2, 0) is 11.2 Å². The first kappa shape index (κ1) is 15.4. The van der Waals surface area contributed by atoms with Crippen molar-refractivity contribution in [1.82, 2.24) is 5.32 Å². The Labute approximate surface area is 126 Å². The van der Waals surface area contributed by atoms with Gasteiger partial charge in [0, 0.05) is 6.42 Å². The molecule has 1 aliphatic carbocycles. The molecular weight excluding hydrogens is 264 g/mol. The molecule has 0 aliphatic heterocycles. The number of para-hydroxylation sites is 1. The summed E-state index contributed by atoms with van der Waals surface area (Å²) in [7, 11) is 1.66. The Morgan fingerprint density at radius 1 is 1.48 bits per heavy atom. The van der Waals surface area contributed by atoms with Gasteiger partial charge in [0.05, 0.1) is 13.2 Å². The number of rotatable bonds is 6. The van der Waals surface area contributed by atoms with Gasteiger partial charge in [0.25, 0.3) is 0 Å². The van der Waals surface area contributed by atoms with Gasteiger partial charge in [0.1, 0.15) is 11.3 Å². The van der Waals surface area contributed by atoms with Crippen LogP contribution in [0.15, 0.2) is 24.3 Å². The number of carbonyl (C=O) groups excluding carboxylic acids is 1. The van der Waals surface area contributed by atoms with Crippen LogP contribution in [0.4, 0.5) is 0 Å². The second-order valence-corrected chi connectivity index (χ2v) is 5.92. The minimum absolute atomic E-state index is 0.0290. The number of benzene rings is 1. The first-order chi connectivity index (χ1) is 10.1. The number of nitriles is 1. The van der Waals surface area contributed by atoms with E-state index in [2.05, 4.69) is 11.4 Å². The second-order valence-electron chi connectivity index (χ2n) is 5.92. The highest BCUT2D eigenvalue weighted by molar-refractivity contribution is 5.77. The van der Waals surface area contributed by atoms with Crippen LogP contribution < -0.4 is 10.1 Å². The Bertz CT molecular complexity index is 544. The van der Waals surface area contributed by atoms with Gasteiger partial charge in [-0.15, -0.1) is 0 Å². The van der Waals surface area contributed by atoms with Gasteiger partial charge in [-0.3, -0.25) is 4.79 Å². The zero-order valence-corrected chi connectivity index (χ0v) is 12.7. The Kier molecular flexibility index (Phi) is 4.85. The number of ether oxygens (including phenoxy) is 1. The van der Waals surface area contributed by atoms with Crippen molar-refractivity contribution < 1.29 is 9.53 Å². The highest BCUT2D eigenvalue weighted by Crippen LogP contribution is 2.31. The van der Waals surface area contributed by atoms with Crippen molar-refractivity contribution in [2.75, 3.05) is 7.11 Å². The highest BCUT2D eigenvalue weighted by atomic mass is 16.5. The molecule has 1 amide bonds. The zero-order valence-electron chi connectivity index (χ0n) is 12.7. The number of nitrogens with zero attached hydrogens (tertiary/aromatic N) is 1. The van der Waals surface area contributed by atoms with Crippen molar-refractivity contribution in [3.05, 3.63) is 29.8 Å². The lowest BCUT2D eigenvalue weighted by Gasteiger charge is -2.36. The molecule has 112 valence electrons. The standard InChI is InChI=1S/C17H22N2O2/c1-13(10-14-6-3-4-7-15(14)21-2)11-16(20)19-17(12-18)8-5-9-17/h3-4,6-7,13H,5,8-11H2,1-2H3,(H,19,20). The van der Waals surface area contributed by atoms with Crippen LogP contribution in [0.5, 0.6) is 5.75 Å². The van der Waals surface area contributed by atoms with Crippen molar-refractivity contribution in [2.45, 2.75) is 44.6 Å². The molecule has 21 heavy (non-hydrogen) atoms. The number of carbonyl (C=O) groups is 1. The largest absolute Gasteiger partial charge is 0.496 e. The summed E-state index contributed by atoms with van der Waals surface area (Å²) in [4.78, 5) is 12.1. The van der Waals surface area contributed by atoms with E-state index in [1.807, 2.05) is 31.2 Å². The van der Waals surface area contributed by atoms with E-state index in [9.17, 15) is 4.79 Å². The van der Waals surface area contributed by atoms with Gasteiger partial charge in [-0.2, -0.15) is 5.26 Å². The molecule has 0 bridgehead atoms. The molecule has 1 N–H and O–H groups in total. The molecule has 0 heterocycles. The van der Waals surface area contributed by atoms with Crippen LogP contribution in [0, 0.1) is 17.2 Å². The van der Waals surface area contributed by atoms with E-state index < -0.39 is 5.54 Å². The Morgan fingerprint density at radius 2 is 2.19 bits per heavy atom. The van der Waals surface area contributed by atoms with Gasteiger partial charge >= 0.3 is 0 Å². The molecule has 1 aromatic rings. The summed E-state index contributed by atoms with van der Waals surface area (Å²) >= 11 is 0. The quantitative estimate of drug-likeness (QED) is 0.874. The summed E-state index contributed by atoms with van der Waals surface area (Å²) in [5, 5.41) is 12.0. The van der Waals surface area contributed by atoms with E-state index in [0.29, 0.717) is 6.42 Å². The fraction of sp³-hybridized carbons (Fsp3) is 0.529. The lowest BCUT2D eigenvalue weighted by molar-refractivity contribution is -0.124. The smallest absolute Gasteiger partial charge is 0.221 e. The van der Waals surface area contributed by atoms with Crippen LogP contribution in [0.2, 0.25) is 0 Å². The van der Waals surface area contributed by atoms with Gasteiger partial charge in [0.15, 0.2) is 0 Å². The van der Waals surface area contributed by atoms with Crippen LogP contribution in [0.1, 0.15) is 38.2 Å². The summed E-state index contributed by atoms with van der Waals surface area (Å²) < 4.78 is 5.33. The summed E-state index contributed by atoms with van der Waals surface area (Å²) in [6, 6.07) is 10.1. The Morgan fingerprint density at radius 3 is 2.76 bits per heavy atom. The molecule has 0 saturated heterocycles. The third kappa shape index (κ3) is 3.75. The summed E-state index contributed by atoms with van der Waals surface area (Å²) in [6.45, 7) is 2.05. The maximum absolute atomic E-state index is 12.1. The fourth-order valence-corrected chi connectivity index (χ4v) is 2.75. The summed E-state index contributed by atoms with van der Waals surface area (Å²) in [5.41, 5.74) is 0.514. The van der Waals surface area contributed by atoms with Gasteiger partial charge in [-0.25, -0.2) is 0 Å². The highest BCUT2D eigenvalue weighted by Gasteiger charge is 2.38. The number of hydrogen-bond donors (Lipinski definition) is 1. The molecule has 4 heteroatoms. The zero-order chi connectivity index (χ0) is 15.3. The van der Waals surface area contributed by atoms with Crippen molar-refractivity contribution in [3.8, 4) is 11.8 Å². The molecule has 1 saturated carbocycles. The average molecular weight is 286 g/mol. The lowest BCUT2D eigenvalue weighted by Crippen LogP contribution is -2.52. The van der Waals surface area contributed by atoms with E-state index in [0.717, 1.165) is 37.0 Å². The second kappa shape index (κ2) is 6.62. The summed E-state index contributed by atoms with van der Waals surface area (Å²) in [5.74, 6) is 1.04. The van der Waals surface area contributed by atoms with Crippen LogP contribution in [0.3, 0.4) is 0 Å². The van der Waals surface area contributed by atoms with Gasteiger partial charge < -0.3 is 10.1 Å². The molecule has 0 radical (unpaired) electrons.